The second-order valence-corrected chi connectivity index (χ2v) is 7.14. The van der Waals surface area contributed by atoms with E-state index in [2.05, 4.69) is 20.1 Å². The molecule has 2 heterocycles. The second-order valence-electron chi connectivity index (χ2n) is 7.14. The van der Waals surface area contributed by atoms with Crippen LogP contribution in [-0.2, 0) is 4.79 Å². The predicted molar refractivity (Wildman–Crippen MR) is 100 cm³/mol. The SMILES string of the molecule is CN(C)[C@@H]1CCN(C(=O)c2ccccc2-c2ncn[nH]2)C[C@@H]1CCC(=O)O. The highest BCUT2D eigenvalue weighted by molar-refractivity contribution is 6.00. The number of carboxylic acids is 1. The summed E-state index contributed by atoms with van der Waals surface area (Å²) in [5.41, 5.74) is 1.30. The van der Waals surface area contributed by atoms with Crippen LogP contribution in [0.2, 0.25) is 0 Å². The van der Waals surface area contributed by atoms with Crippen LogP contribution in [0.3, 0.4) is 0 Å². The van der Waals surface area contributed by atoms with Crippen LogP contribution >= 0.6 is 0 Å². The van der Waals surface area contributed by atoms with Gasteiger partial charge in [0.15, 0.2) is 5.82 Å². The average Bonchev–Trinajstić information content (AvgIpc) is 3.20. The minimum Gasteiger partial charge on any atom is -0.481 e. The normalized spacial score (nSPS) is 20.0. The Bertz CT molecular complexity index is 790. The van der Waals surface area contributed by atoms with E-state index in [1.165, 1.54) is 6.33 Å². The number of nitrogens with zero attached hydrogens (tertiary/aromatic N) is 4. The monoisotopic (exact) mass is 371 g/mol. The van der Waals surface area contributed by atoms with Gasteiger partial charge in [-0.3, -0.25) is 14.7 Å². The van der Waals surface area contributed by atoms with Gasteiger partial charge in [0.05, 0.1) is 5.56 Å². The van der Waals surface area contributed by atoms with E-state index in [1.54, 1.807) is 6.07 Å². The highest BCUT2D eigenvalue weighted by atomic mass is 16.4. The van der Waals surface area contributed by atoms with Gasteiger partial charge in [-0.15, -0.1) is 0 Å². The van der Waals surface area contributed by atoms with Crippen molar-refractivity contribution >= 4 is 11.9 Å². The summed E-state index contributed by atoms with van der Waals surface area (Å²) in [5.74, 6) is -0.165. The number of amides is 1. The number of hydrogen-bond donors (Lipinski definition) is 2. The van der Waals surface area contributed by atoms with Gasteiger partial charge >= 0.3 is 5.97 Å². The van der Waals surface area contributed by atoms with Crippen LogP contribution in [0.4, 0.5) is 0 Å². The smallest absolute Gasteiger partial charge is 0.303 e. The van der Waals surface area contributed by atoms with E-state index in [9.17, 15) is 9.59 Å². The second kappa shape index (κ2) is 8.30. The molecule has 1 aromatic heterocycles. The van der Waals surface area contributed by atoms with Gasteiger partial charge in [-0.25, -0.2) is 4.98 Å². The third kappa shape index (κ3) is 4.33. The number of nitrogens with one attached hydrogen (secondary N) is 1. The van der Waals surface area contributed by atoms with Crippen molar-refractivity contribution in [2.45, 2.75) is 25.3 Å². The summed E-state index contributed by atoms with van der Waals surface area (Å²) in [6, 6.07) is 7.62. The van der Waals surface area contributed by atoms with Gasteiger partial charge in [0, 0.05) is 31.1 Å². The maximum atomic E-state index is 13.2. The molecule has 0 aliphatic carbocycles. The average molecular weight is 371 g/mol. The molecule has 0 unspecified atom stereocenters. The van der Waals surface area contributed by atoms with Crippen molar-refractivity contribution in [3.8, 4) is 11.4 Å². The van der Waals surface area contributed by atoms with Crippen LogP contribution in [0.1, 0.15) is 29.6 Å². The maximum Gasteiger partial charge on any atom is 0.303 e. The number of hydrogen-bond acceptors (Lipinski definition) is 5. The van der Waals surface area contributed by atoms with E-state index in [-0.39, 0.29) is 24.3 Å². The topological polar surface area (TPSA) is 102 Å². The largest absolute Gasteiger partial charge is 0.481 e. The Morgan fingerprint density at radius 3 is 2.78 bits per heavy atom. The first-order valence-corrected chi connectivity index (χ1v) is 9.09. The van der Waals surface area contributed by atoms with Crippen LogP contribution in [0.15, 0.2) is 30.6 Å². The minimum atomic E-state index is -0.799. The van der Waals surface area contributed by atoms with Crippen molar-refractivity contribution in [1.82, 2.24) is 25.0 Å². The number of carboxylic acid groups (broad SMARTS) is 1. The van der Waals surface area contributed by atoms with Gasteiger partial charge in [-0.2, -0.15) is 5.10 Å². The number of aromatic nitrogens is 3. The predicted octanol–water partition coefficient (Wildman–Crippen LogP) is 1.73. The van der Waals surface area contributed by atoms with Gasteiger partial charge in [0.2, 0.25) is 0 Å². The molecular weight excluding hydrogens is 346 g/mol. The van der Waals surface area contributed by atoms with E-state index in [1.807, 2.05) is 37.2 Å². The molecule has 0 saturated carbocycles. The number of piperidine rings is 1. The molecule has 1 aromatic carbocycles. The molecule has 1 saturated heterocycles. The molecule has 0 radical (unpaired) electrons. The first kappa shape index (κ1) is 19.0. The molecule has 0 spiro atoms. The standard InChI is InChI=1S/C19H25N5O3/c1-23(2)16-9-10-24(11-13(16)7-8-17(25)26)19(27)15-6-4-3-5-14(15)18-20-12-21-22-18/h3-6,12-13,16H,7-11H2,1-2H3,(H,25,26)(H,20,21,22)/t13-,16+/m0/s1. The summed E-state index contributed by atoms with van der Waals surface area (Å²) >= 11 is 0. The van der Waals surface area contributed by atoms with Crippen molar-refractivity contribution in [3.05, 3.63) is 36.2 Å². The zero-order chi connectivity index (χ0) is 19.4. The Balaban J connectivity index is 1.80. The number of H-pyrrole nitrogens is 1. The van der Waals surface area contributed by atoms with E-state index in [4.69, 9.17) is 5.11 Å². The van der Waals surface area contributed by atoms with Crippen LogP contribution < -0.4 is 0 Å². The molecule has 3 rings (SSSR count). The molecule has 1 fully saturated rings. The molecule has 8 heteroatoms. The zero-order valence-electron chi connectivity index (χ0n) is 15.6. The maximum absolute atomic E-state index is 13.2. The third-order valence-electron chi connectivity index (χ3n) is 5.20. The van der Waals surface area contributed by atoms with Crippen LogP contribution in [0.5, 0.6) is 0 Å². The Labute approximate surface area is 158 Å². The van der Waals surface area contributed by atoms with Crippen LogP contribution in [0, 0.1) is 5.92 Å². The molecule has 0 bridgehead atoms. The number of benzene rings is 1. The number of rotatable bonds is 6. The Kier molecular flexibility index (Phi) is 5.85. The lowest BCUT2D eigenvalue weighted by atomic mass is 9.87. The van der Waals surface area contributed by atoms with Crippen LogP contribution in [0.25, 0.3) is 11.4 Å². The fourth-order valence-electron chi connectivity index (χ4n) is 3.86. The number of carbonyl (C=O) groups excluding carboxylic acids is 1. The van der Waals surface area contributed by atoms with Crippen molar-refractivity contribution in [2.24, 2.45) is 5.92 Å². The highest BCUT2D eigenvalue weighted by Crippen LogP contribution is 2.28. The van der Waals surface area contributed by atoms with Crippen molar-refractivity contribution < 1.29 is 14.7 Å². The lowest BCUT2D eigenvalue weighted by molar-refractivity contribution is -0.137. The van der Waals surface area contributed by atoms with Crippen molar-refractivity contribution in [2.75, 3.05) is 27.2 Å². The van der Waals surface area contributed by atoms with Gasteiger partial charge in [0.1, 0.15) is 6.33 Å². The van der Waals surface area contributed by atoms with E-state index in [0.29, 0.717) is 30.9 Å². The molecule has 1 aliphatic rings. The molecule has 2 atom stereocenters. The molecule has 27 heavy (non-hydrogen) atoms. The molecule has 2 N–H and O–H groups in total. The third-order valence-corrected chi connectivity index (χ3v) is 5.20. The van der Waals surface area contributed by atoms with Crippen molar-refractivity contribution in [3.63, 3.8) is 0 Å². The summed E-state index contributed by atoms with van der Waals surface area (Å²) in [7, 11) is 4.02. The Hall–Kier alpha value is -2.74. The van der Waals surface area contributed by atoms with Crippen molar-refractivity contribution in [1.29, 1.82) is 0 Å². The summed E-state index contributed by atoms with van der Waals surface area (Å²) < 4.78 is 0. The minimum absolute atomic E-state index is 0.0560. The number of carbonyl (C=O) groups is 2. The van der Waals surface area contributed by atoms with Gasteiger partial charge in [-0.05, 0) is 38.9 Å². The fraction of sp³-hybridized carbons (Fsp3) is 0.474. The van der Waals surface area contributed by atoms with Gasteiger partial charge < -0.3 is 14.9 Å². The quantitative estimate of drug-likeness (QED) is 0.802. The van der Waals surface area contributed by atoms with Gasteiger partial charge in [0.25, 0.3) is 5.91 Å². The summed E-state index contributed by atoms with van der Waals surface area (Å²) in [4.78, 5) is 32.4. The van der Waals surface area contributed by atoms with Gasteiger partial charge in [-0.1, -0.05) is 18.2 Å². The Morgan fingerprint density at radius 1 is 1.33 bits per heavy atom. The first-order valence-electron chi connectivity index (χ1n) is 9.09. The molecular formula is C19H25N5O3. The summed E-state index contributed by atoms with van der Waals surface area (Å²) in [6.07, 6.45) is 2.92. The number of aliphatic carboxylic acids is 1. The number of likely N-dealkylation sites (tertiary alicyclic amines) is 1. The lowest BCUT2D eigenvalue weighted by Gasteiger charge is -2.41. The lowest BCUT2D eigenvalue weighted by Crippen LogP contribution is -2.50. The molecule has 1 amide bonds. The zero-order valence-corrected chi connectivity index (χ0v) is 15.6. The van der Waals surface area contributed by atoms with Crippen LogP contribution in [-0.4, -0.2) is 75.2 Å². The highest BCUT2D eigenvalue weighted by Gasteiger charge is 2.33. The molecule has 1 aliphatic heterocycles. The fourth-order valence-corrected chi connectivity index (χ4v) is 3.86. The van der Waals surface area contributed by atoms with E-state index < -0.39 is 5.97 Å². The summed E-state index contributed by atoms with van der Waals surface area (Å²) in [6.45, 7) is 1.20. The Morgan fingerprint density at radius 2 is 2.11 bits per heavy atom. The molecule has 8 nitrogen and oxygen atoms in total. The van der Waals surface area contributed by atoms with E-state index >= 15 is 0 Å². The molecule has 144 valence electrons. The van der Waals surface area contributed by atoms with E-state index in [0.717, 1.165) is 12.0 Å². The molecule has 2 aromatic rings. The summed E-state index contributed by atoms with van der Waals surface area (Å²) in [5, 5.41) is 15.7. The first-order chi connectivity index (χ1) is 13.0. The number of aromatic amines is 1.